The summed E-state index contributed by atoms with van der Waals surface area (Å²) in [5, 5.41) is 0. The average molecular weight is 285 g/mol. The van der Waals surface area contributed by atoms with E-state index in [4.69, 9.17) is 5.73 Å². The molecule has 1 heteroatoms. The lowest BCUT2D eigenvalue weighted by molar-refractivity contribution is 0.672. The molecule has 0 amide bonds. The molecule has 0 fully saturated rings. The summed E-state index contributed by atoms with van der Waals surface area (Å²) in [6, 6.07) is 25.7. The van der Waals surface area contributed by atoms with Gasteiger partial charge in [-0.15, -0.1) is 0 Å². The molecular weight excluding hydrogens is 266 g/mol. The van der Waals surface area contributed by atoms with Gasteiger partial charge >= 0.3 is 0 Å². The van der Waals surface area contributed by atoms with E-state index >= 15 is 0 Å². The fraction of sp³-hybridized carbons (Fsp3) is 0.143. The second-order valence-electron chi connectivity index (χ2n) is 5.95. The van der Waals surface area contributed by atoms with E-state index in [2.05, 4.69) is 79.7 Å². The van der Waals surface area contributed by atoms with E-state index in [0.717, 1.165) is 12.0 Å². The summed E-state index contributed by atoms with van der Waals surface area (Å²) in [5.41, 5.74) is 13.8. The maximum Gasteiger partial charge on any atom is 0.0935 e. The zero-order valence-electron chi connectivity index (χ0n) is 12.7. The van der Waals surface area contributed by atoms with Gasteiger partial charge in [0.1, 0.15) is 0 Å². The molecule has 0 saturated carbocycles. The monoisotopic (exact) mass is 285 g/mol. The van der Waals surface area contributed by atoms with Crippen LogP contribution in [0.25, 0.3) is 11.1 Å². The zero-order chi connectivity index (χ0) is 15.2. The molecule has 108 valence electrons. The Balaban J connectivity index is 2.00. The first kappa shape index (κ1) is 13.3. The molecule has 3 aromatic carbocycles. The highest BCUT2D eigenvalue weighted by Gasteiger charge is 2.40. The third kappa shape index (κ3) is 1.69. The van der Waals surface area contributed by atoms with E-state index in [9.17, 15) is 0 Å². The van der Waals surface area contributed by atoms with Gasteiger partial charge in [-0.05, 0) is 39.8 Å². The van der Waals surface area contributed by atoms with Crippen LogP contribution in [-0.4, -0.2) is 0 Å². The van der Waals surface area contributed by atoms with Crippen LogP contribution in [0.2, 0.25) is 0 Å². The number of hydrogen-bond donors (Lipinski definition) is 1. The molecule has 3 aromatic rings. The number of nitrogens with two attached hydrogens (primary N) is 1. The predicted octanol–water partition coefficient (Wildman–Crippen LogP) is 4.48. The maximum atomic E-state index is 7.00. The maximum absolute atomic E-state index is 7.00. The van der Waals surface area contributed by atoms with Crippen molar-refractivity contribution >= 4 is 0 Å². The van der Waals surface area contributed by atoms with Gasteiger partial charge in [-0.3, -0.25) is 0 Å². The zero-order valence-corrected chi connectivity index (χ0v) is 12.7. The second kappa shape index (κ2) is 4.82. The Bertz CT molecular complexity index is 785. The van der Waals surface area contributed by atoms with Crippen molar-refractivity contribution in [3.05, 3.63) is 95.1 Å². The van der Waals surface area contributed by atoms with Gasteiger partial charge in [0, 0.05) is 0 Å². The topological polar surface area (TPSA) is 26.0 Å². The predicted molar refractivity (Wildman–Crippen MR) is 91.8 cm³/mol. The molecular formula is C21H19N. The van der Waals surface area contributed by atoms with Gasteiger partial charge in [0.15, 0.2) is 0 Å². The molecule has 0 saturated heterocycles. The van der Waals surface area contributed by atoms with Crippen LogP contribution in [-0.2, 0) is 12.0 Å². The van der Waals surface area contributed by atoms with Crippen molar-refractivity contribution in [1.29, 1.82) is 0 Å². The molecule has 2 N–H and O–H groups in total. The third-order valence-electron chi connectivity index (χ3n) is 4.81. The summed E-state index contributed by atoms with van der Waals surface area (Å²) >= 11 is 0. The first-order chi connectivity index (χ1) is 10.7. The minimum Gasteiger partial charge on any atom is -0.314 e. The van der Waals surface area contributed by atoms with Crippen molar-refractivity contribution in [3.63, 3.8) is 0 Å². The first-order valence-electron chi connectivity index (χ1n) is 7.83. The summed E-state index contributed by atoms with van der Waals surface area (Å²) in [7, 11) is 0. The standard InChI is InChI=1S/C21H19N/c1-2-15-11-13-16(14-12-15)21(22)19-9-5-3-7-17(19)18-8-4-6-10-20(18)21/h3-14H,2,22H2,1H3. The van der Waals surface area contributed by atoms with Crippen molar-refractivity contribution in [3.8, 4) is 11.1 Å². The Labute approximate surface area is 131 Å². The number of fused-ring (bicyclic) bond motifs is 3. The lowest BCUT2D eigenvalue weighted by Gasteiger charge is -2.28. The Morgan fingerprint density at radius 2 is 1.23 bits per heavy atom. The highest BCUT2D eigenvalue weighted by atomic mass is 14.8. The summed E-state index contributed by atoms with van der Waals surface area (Å²) in [4.78, 5) is 0. The van der Waals surface area contributed by atoms with Crippen LogP contribution in [0.15, 0.2) is 72.8 Å². The fourth-order valence-electron chi connectivity index (χ4n) is 3.58. The molecule has 0 aromatic heterocycles. The van der Waals surface area contributed by atoms with Gasteiger partial charge < -0.3 is 5.73 Å². The summed E-state index contributed by atoms with van der Waals surface area (Å²) in [5.74, 6) is 0. The van der Waals surface area contributed by atoms with Crippen LogP contribution >= 0.6 is 0 Å². The molecule has 4 rings (SSSR count). The van der Waals surface area contributed by atoms with Crippen molar-refractivity contribution in [2.75, 3.05) is 0 Å². The highest BCUT2D eigenvalue weighted by molar-refractivity contribution is 5.82. The Morgan fingerprint density at radius 3 is 1.73 bits per heavy atom. The van der Waals surface area contributed by atoms with Crippen LogP contribution in [0.1, 0.15) is 29.2 Å². The molecule has 0 radical (unpaired) electrons. The Kier molecular flexibility index (Phi) is 2.91. The number of hydrogen-bond acceptors (Lipinski definition) is 1. The Morgan fingerprint density at radius 1 is 0.727 bits per heavy atom. The van der Waals surface area contributed by atoms with Crippen molar-refractivity contribution < 1.29 is 0 Å². The van der Waals surface area contributed by atoms with Crippen LogP contribution in [0.5, 0.6) is 0 Å². The van der Waals surface area contributed by atoms with Crippen molar-refractivity contribution in [2.24, 2.45) is 5.73 Å². The van der Waals surface area contributed by atoms with Crippen molar-refractivity contribution in [1.82, 2.24) is 0 Å². The van der Waals surface area contributed by atoms with E-state index in [1.165, 1.54) is 27.8 Å². The molecule has 0 unspecified atom stereocenters. The van der Waals surface area contributed by atoms with E-state index in [0.29, 0.717) is 0 Å². The lowest BCUT2D eigenvalue weighted by atomic mass is 9.81. The van der Waals surface area contributed by atoms with Gasteiger partial charge in [0.25, 0.3) is 0 Å². The molecule has 22 heavy (non-hydrogen) atoms. The number of aryl methyl sites for hydroxylation is 1. The summed E-state index contributed by atoms with van der Waals surface area (Å²) < 4.78 is 0. The molecule has 0 heterocycles. The van der Waals surface area contributed by atoms with Gasteiger partial charge in [-0.25, -0.2) is 0 Å². The van der Waals surface area contributed by atoms with Gasteiger partial charge in [0.2, 0.25) is 0 Å². The minimum atomic E-state index is -0.556. The molecule has 1 aliphatic carbocycles. The average Bonchev–Trinajstić information content (AvgIpc) is 2.86. The number of rotatable bonds is 2. The molecule has 1 aliphatic rings. The first-order valence-corrected chi connectivity index (χ1v) is 7.83. The van der Waals surface area contributed by atoms with Gasteiger partial charge in [0.05, 0.1) is 5.54 Å². The lowest BCUT2D eigenvalue weighted by Crippen LogP contribution is -2.37. The van der Waals surface area contributed by atoms with E-state index < -0.39 is 5.54 Å². The van der Waals surface area contributed by atoms with E-state index in [1.807, 2.05) is 0 Å². The third-order valence-corrected chi connectivity index (χ3v) is 4.81. The molecule has 0 atom stereocenters. The molecule has 0 spiro atoms. The Hall–Kier alpha value is -2.38. The van der Waals surface area contributed by atoms with Gasteiger partial charge in [-0.2, -0.15) is 0 Å². The van der Waals surface area contributed by atoms with E-state index in [-0.39, 0.29) is 0 Å². The SMILES string of the molecule is CCc1ccc(C2(N)c3ccccc3-c3ccccc32)cc1. The summed E-state index contributed by atoms with van der Waals surface area (Å²) in [6.45, 7) is 2.17. The van der Waals surface area contributed by atoms with Crippen LogP contribution < -0.4 is 5.73 Å². The normalized spacial score (nSPS) is 14.5. The molecule has 0 bridgehead atoms. The number of benzene rings is 3. The van der Waals surface area contributed by atoms with Crippen LogP contribution in [0.4, 0.5) is 0 Å². The largest absolute Gasteiger partial charge is 0.314 e. The summed E-state index contributed by atoms with van der Waals surface area (Å²) in [6.07, 6.45) is 1.05. The molecule has 0 aliphatic heterocycles. The minimum absolute atomic E-state index is 0.556. The van der Waals surface area contributed by atoms with E-state index in [1.54, 1.807) is 0 Å². The van der Waals surface area contributed by atoms with Gasteiger partial charge in [-0.1, -0.05) is 79.7 Å². The second-order valence-corrected chi connectivity index (χ2v) is 5.95. The highest BCUT2D eigenvalue weighted by Crippen LogP contribution is 2.48. The van der Waals surface area contributed by atoms with Crippen LogP contribution in [0, 0.1) is 0 Å². The van der Waals surface area contributed by atoms with Crippen molar-refractivity contribution in [2.45, 2.75) is 18.9 Å². The smallest absolute Gasteiger partial charge is 0.0935 e. The van der Waals surface area contributed by atoms with Crippen LogP contribution in [0.3, 0.4) is 0 Å². The fourth-order valence-corrected chi connectivity index (χ4v) is 3.58. The molecule has 1 nitrogen and oxygen atoms in total. The quantitative estimate of drug-likeness (QED) is 0.738.